The Bertz CT molecular complexity index is 732. The summed E-state index contributed by atoms with van der Waals surface area (Å²) in [4.78, 5) is 0.0297. The van der Waals surface area contributed by atoms with E-state index in [1.165, 1.54) is 19.2 Å². The molecule has 7 heteroatoms. The van der Waals surface area contributed by atoms with Gasteiger partial charge in [0.05, 0.1) is 18.5 Å². The van der Waals surface area contributed by atoms with Gasteiger partial charge in [0.2, 0.25) is 0 Å². The van der Waals surface area contributed by atoms with Crippen LogP contribution in [0.4, 0.5) is 11.4 Å². The van der Waals surface area contributed by atoms with Crippen LogP contribution in [0.15, 0.2) is 51.8 Å². The van der Waals surface area contributed by atoms with Gasteiger partial charge in [-0.05, 0) is 30.3 Å². The largest absolute Gasteiger partial charge is 0.495 e. The highest BCUT2D eigenvalue weighted by atomic mass is 79.9. The van der Waals surface area contributed by atoms with E-state index in [1.807, 2.05) is 0 Å². The molecule has 106 valence electrons. The van der Waals surface area contributed by atoms with E-state index in [2.05, 4.69) is 20.7 Å². The first-order chi connectivity index (χ1) is 9.44. The predicted molar refractivity (Wildman–Crippen MR) is 82.4 cm³/mol. The van der Waals surface area contributed by atoms with Gasteiger partial charge in [-0.25, -0.2) is 8.42 Å². The van der Waals surface area contributed by atoms with Crippen molar-refractivity contribution in [3.63, 3.8) is 0 Å². The lowest BCUT2D eigenvalue weighted by molar-refractivity contribution is 0.417. The number of sulfonamides is 1. The maximum Gasteiger partial charge on any atom is 0.264 e. The number of para-hydroxylation sites is 1. The van der Waals surface area contributed by atoms with Crippen LogP contribution in [-0.4, -0.2) is 15.5 Å². The van der Waals surface area contributed by atoms with Crippen LogP contribution in [0.25, 0.3) is 0 Å². The topological polar surface area (TPSA) is 81.4 Å². The molecular weight excluding hydrogens is 344 g/mol. The normalized spacial score (nSPS) is 11.1. The van der Waals surface area contributed by atoms with E-state index in [1.54, 1.807) is 30.3 Å². The Hall–Kier alpha value is -1.73. The first-order valence-electron chi connectivity index (χ1n) is 5.65. The monoisotopic (exact) mass is 356 g/mol. The van der Waals surface area contributed by atoms with E-state index in [0.717, 1.165) is 4.47 Å². The van der Waals surface area contributed by atoms with Crippen molar-refractivity contribution in [2.45, 2.75) is 4.90 Å². The lowest BCUT2D eigenvalue weighted by Gasteiger charge is -2.13. The average molecular weight is 357 g/mol. The molecule has 0 atom stereocenters. The zero-order valence-electron chi connectivity index (χ0n) is 10.6. The Balaban J connectivity index is 2.44. The fraction of sp³-hybridized carbons (Fsp3) is 0.0769. The summed E-state index contributed by atoms with van der Waals surface area (Å²) in [6.07, 6.45) is 0. The standard InChI is InChI=1S/C13H13BrN2O3S/c1-19-12-7-6-9(14)8-11(12)16-20(17,18)13-5-3-2-4-10(13)15/h2-8,16H,15H2,1H3. The molecule has 2 aromatic rings. The van der Waals surface area contributed by atoms with Crippen LogP contribution in [0.5, 0.6) is 5.75 Å². The number of hydrogen-bond donors (Lipinski definition) is 2. The number of halogens is 1. The summed E-state index contributed by atoms with van der Waals surface area (Å²) in [5, 5.41) is 0. The SMILES string of the molecule is COc1ccc(Br)cc1NS(=O)(=O)c1ccccc1N. The van der Waals surface area contributed by atoms with Gasteiger partial charge in [0.1, 0.15) is 10.6 Å². The molecule has 0 bridgehead atoms. The number of ether oxygens (including phenoxy) is 1. The van der Waals surface area contributed by atoms with Crippen LogP contribution in [0, 0.1) is 0 Å². The van der Waals surface area contributed by atoms with E-state index in [0.29, 0.717) is 11.4 Å². The molecule has 0 aliphatic carbocycles. The Morgan fingerprint density at radius 1 is 1.20 bits per heavy atom. The summed E-state index contributed by atoms with van der Waals surface area (Å²) < 4.78 is 33.0. The fourth-order valence-electron chi connectivity index (χ4n) is 1.68. The molecule has 0 unspecified atom stereocenters. The number of anilines is 2. The van der Waals surface area contributed by atoms with Crippen molar-refractivity contribution in [3.05, 3.63) is 46.9 Å². The second kappa shape index (κ2) is 5.72. The molecule has 0 aliphatic rings. The van der Waals surface area contributed by atoms with Crippen LogP contribution in [0.2, 0.25) is 0 Å². The third-order valence-electron chi connectivity index (χ3n) is 2.61. The summed E-state index contributed by atoms with van der Waals surface area (Å²) in [6.45, 7) is 0. The minimum absolute atomic E-state index is 0.0297. The first kappa shape index (κ1) is 14.7. The molecule has 0 fully saturated rings. The molecule has 0 spiro atoms. The summed E-state index contributed by atoms with van der Waals surface area (Å²) in [7, 11) is -2.30. The van der Waals surface area contributed by atoms with Gasteiger partial charge >= 0.3 is 0 Å². The van der Waals surface area contributed by atoms with Gasteiger partial charge in [0, 0.05) is 4.47 Å². The molecule has 2 aromatic carbocycles. The first-order valence-corrected chi connectivity index (χ1v) is 7.92. The molecule has 0 saturated carbocycles. The molecule has 3 N–H and O–H groups in total. The van der Waals surface area contributed by atoms with Gasteiger partial charge in [-0.15, -0.1) is 0 Å². The van der Waals surface area contributed by atoms with Crippen LogP contribution in [0.3, 0.4) is 0 Å². The minimum atomic E-state index is -3.77. The van der Waals surface area contributed by atoms with E-state index < -0.39 is 10.0 Å². The highest BCUT2D eigenvalue weighted by molar-refractivity contribution is 9.10. The van der Waals surface area contributed by atoms with Gasteiger partial charge in [-0.3, -0.25) is 4.72 Å². The van der Waals surface area contributed by atoms with Crippen LogP contribution in [0.1, 0.15) is 0 Å². The highest BCUT2D eigenvalue weighted by Gasteiger charge is 2.19. The molecule has 5 nitrogen and oxygen atoms in total. The second-order valence-corrected chi connectivity index (χ2v) is 6.55. The molecule has 0 saturated heterocycles. The lowest BCUT2D eigenvalue weighted by Crippen LogP contribution is -2.15. The van der Waals surface area contributed by atoms with Crippen molar-refractivity contribution in [2.75, 3.05) is 17.6 Å². The van der Waals surface area contributed by atoms with Crippen molar-refractivity contribution < 1.29 is 13.2 Å². The van der Waals surface area contributed by atoms with Gasteiger partial charge in [-0.1, -0.05) is 28.1 Å². The smallest absolute Gasteiger partial charge is 0.264 e. The molecular formula is C13H13BrN2O3S. The maximum absolute atomic E-state index is 12.3. The van der Waals surface area contributed by atoms with Crippen molar-refractivity contribution in [3.8, 4) is 5.75 Å². The molecule has 20 heavy (non-hydrogen) atoms. The van der Waals surface area contributed by atoms with E-state index in [4.69, 9.17) is 10.5 Å². The maximum atomic E-state index is 12.3. The average Bonchev–Trinajstić information content (AvgIpc) is 2.39. The summed E-state index contributed by atoms with van der Waals surface area (Å²) in [5.74, 6) is 0.422. The van der Waals surface area contributed by atoms with E-state index >= 15 is 0 Å². The van der Waals surface area contributed by atoms with E-state index in [-0.39, 0.29) is 10.6 Å². The number of benzene rings is 2. The van der Waals surface area contributed by atoms with Gasteiger partial charge in [0.15, 0.2) is 0 Å². The Morgan fingerprint density at radius 3 is 2.55 bits per heavy atom. The number of hydrogen-bond acceptors (Lipinski definition) is 4. The third-order valence-corrected chi connectivity index (χ3v) is 4.55. The van der Waals surface area contributed by atoms with Crippen LogP contribution < -0.4 is 15.2 Å². The number of nitrogens with one attached hydrogen (secondary N) is 1. The van der Waals surface area contributed by atoms with Crippen molar-refractivity contribution in [1.29, 1.82) is 0 Å². The third kappa shape index (κ3) is 3.05. The zero-order chi connectivity index (χ0) is 14.8. The number of nitrogen functional groups attached to an aromatic ring is 1. The molecule has 2 rings (SSSR count). The summed E-state index contributed by atoms with van der Waals surface area (Å²) >= 11 is 3.29. The second-order valence-electron chi connectivity index (χ2n) is 3.99. The Labute approximate surface area is 125 Å². The molecule has 0 heterocycles. The lowest BCUT2D eigenvalue weighted by atomic mass is 10.3. The van der Waals surface area contributed by atoms with Crippen molar-refractivity contribution in [2.24, 2.45) is 0 Å². The van der Waals surface area contributed by atoms with Gasteiger partial charge in [0.25, 0.3) is 10.0 Å². The summed E-state index contributed by atoms with van der Waals surface area (Å²) in [6, 6.07) is 11.3. The van der Waals surface area contributed by atoms with Crippen molar-refractivity contribution >= 4 is 37.3 Å². The van der Waals surface area contributed by atoms with Crippen LogP contribution >= 0.6 is 15.9 Å². The zero-order valence-corrected chi connectivity index (χ0v) is 13.0. The Kier molecular flexibility index (Phi) is 4.20. The molecule has 0 amide bonds. The quantitative estimate of drug-likeness (QED) is 0.825. The molecule has 0 radical (unpaired) electrons. The van der Waals surface area contributed by atoms with E-state index in [9.17, 15) is 8.42 Å². The minimum Gasteiger partial charge on any atom is -0.495 e. The highest BCUT2D eigenvalue weighted by Crippen LogP contribution is 2.30. The van der Waals surface area contributed by atoms with Gasteiger partial charge in [-0.2, -0.15) is 0 Å². The Morgan fingerprint density at radius 2 is 1.90 bits per heavy atom. The predicted octanol–water partition coefficient (Wildman–Crippen LogP) is 2.84. The number of rotatable bonds is 4. The molecule has 0 aliphatic heterocycles. The van der Waals surface area contributed by atoms with Gasteiger partial charge < -0.3 is 10.5 Å². The number of methoxy groups -OCH3 is 1. The fourth-order valence-corrected chi connectivity index (χ4v) is 3.24. The number of nitrogens with two attached hydrogens (primary N) is 1. The molecule has 0 aromatic heterocycles. The van der Waals surface area contributed by atoms with Crippen LogP contribution in [-0.2, 0) is 10.0 Å². The summed E-state index contributed by atoms with van der Waals surface area (Å²) in [5.41, 5.74) is 6.23. The van der Waals surface area contributed by atoms with Crippen molar-refractivity contribution in [1.82, 2.24) is 0 Å².